The van der Waals surface area contributed by atoms with Crippen LogP contribution < -0.4 is 10.1 Å². The van der Waals surface area contributed by atoms with Gasteiger partial charge in [-0.25, -0.2) is 4.79 Å². The molecule has 2 N–H and O–H groups in total. The quantitative estimate of drug-likeness (QED) is 0.861. The monoisotopic (exact) mass is 343 g/mol. The maximum Gasteiger partial charge on any atom is 0.330 e. The number of nitrogens with one attached hydrogen (secondary N) is 1. The highest BCUT2D eigenvalue weighted by atomic mass is 16.5. The Bertz CT molecular complexity index is 680. The molecule has 5 nitrogen and oxygen atoms in total. The molecule has 1 aromatic carbocycles. The number of ether oxygens (including phenoxy) is 1. The van der Waals surface area contributed by atoms with Crippen molar-refractivity contribution >= 4 is 11.9 Å². The number of benzene rings is 1. The van der Waals surface area contributed by atoms with E-state index < -0.39 is 12.0 Å². The van der Waals surface area contributed by atoms with Crippen molar-refractivity contribution in [1.82, 2.24) is 5.32 Å². The molecular weight excluding hydrogens is 318 g/mol. The van der Waals surface area contributed by atoms with Crippen LogP contribution in [-0.4, -0.2) is 23.6 Å². The zero-order valence-corrected chi connectivity index (χ0v) is 14.4. The Morgan fingerprint density at radius 3 is 2.76 bits per heavy atom. The standard InChI is InChI=1S/C20H25NO4/c22-19(16-11-15(16)12-4-2-1-3-5-12)21-18(20(23)24)14-6-7-17-13(10-14)8-9-25-17/h6-7,10,12,15-16,18H,1-5,8-9,11H2,(H,21,22)(H,23,24). The molecule has 134 valence electrons. The second-order valence-corrected chi connectivity index (χ2v) is 7.65. The molecule has 0 radical (unpaired) electrons. The average Bonchev–Trinajstić information content (AvgIpc) is 3.30. The Hall–Kier alpha value is -2.04. The summed E-state index contributed by atoms with van der Waals surface area (Å²) in [5.41, 5.74) is 1.64. The van der Waals surface area contributed by atoms with Crippen molar-refractivity contribution in [2.45, 2.75) is 51.0 Å². The number of carbonyl (C=O) groups excluding carboxylic acids is 1. The number of aliphatic carboxylic acids is 1. The molecule has 1 aromatic rings. The SMILES string of the molecule is O=C(O)C(NC(=O)C1CC1C1CCCCC1)c1ccc2c(c1)CCO2. The molecule has 0 aromatic heterocycles. The lowest BCUT2D eigenvalue weighted by atomic mass is 9.85. The van der Waals surface area contributed by atoms with E-state index in [1.54, 1.807) is 6.07 Å². The van der Waals surface area contributed by atoms with Gasteiger partial charge in [0.15, 0.2) is 6.04 Å². The number of rotatable bonds is 5. The van der Waals surface area contributed by atoms with Crippen LogP contribution in [0.25, 0.3) is 0 Å². The first-order chi connectivity index (χ1) is 12.1. The zero-order valence-electron chi connectivity index (χ0n) is 14.4. The topological polar surface area (TPSA) is 75.6 Å². The van der Waals surface area contributed by atoms with Crippen molar-refractivity contribution < 1.29 is 19.4 Å². The van der Waals surface area contributed by atoms with Crippen molar-refractivity contribution in [2.75, 3.05) is 6.61 Å². The fourth-order valence-electron chi connectivity index (χ4n) is 4.52. The van der Waals surface area contributed by atoms with Gasteiger partial charge >= 0.3 is 5.97 Å². The molecule has 25 heavy (non-hydrogen) atoms. The summed E-state index contributed by atoms with van der Waals surface area (Å²) in [5.74, 6) is 0.830. The van der Waals surface area contributed by atoms with Crippen LogP contribution >= 0.6 is 0 Å². The lowest BCUT2D eigenvalue weighted by molar-refractivity contribution is -0.142. The highest BCUT2D eigenvalue weighted by Gasteiger charge is 2.48. The van der Waals surface area contributed by atoms with Crippen LogP contribution in [0.3, 0.4) is 0 Å². The number of carbonyl (C=O) groups is 2. The summed E-state index contributed by atoms with van der Waals surface area (Å²) in [5, 5.41) is 12.4. The van der Waals surface area contributed by atoms with Gasteiger partial charge in [0.1, 0.15) is 5.75 Å². The molecule has 2 aliphatic carbocycles. The van der Waals surface area contributed by atoms with Crippen molar-refractivity contribution in [3.8, 4) is 5.75 Å². The molecule has 3 aliphatic rings. The van der Waals surface area contributed by atoms with Crippen LogP contribution in [-0.2, 0) is 16.0 Å². The molecule has 0 saturated heterocycles. The van der Waals surface area contributed by atoms with E-state index in [0.717, 1.165) is 24.2 Å². The molecule has 3 atom stereocenters. The molecule has 3 unspecified atom stereocenters. The van der Waals surface area contributed by atoms with Crippen molar-refractivity contribution in [3.63, 3.8) is 0 Å². The Labute approximate surface area is 147 Å². The van der Waals surface area contributed by atoms with E-state index in [1.165, 1.54) is 32.1 Å². The second kappa shape index (κ2) is 6.70. The highest BCUT2D eigenvalue weighted by Crippen LogP contribution is 2.49. The zero-order chi connectivity index (χ0) is 17.4. The summed E-state index contributed by atoms with van der Waals surface area (Å²) in [6, 6.07) is 4.43. The number of hydrogen-bond acceptors (Lipinski definition) is 3. The van der Waals surface area contributed by atoms with Gasteiger partial charge in [-0.1, -0.05) is 38.2 Å². The van der Waals surface area contributed by atoms with Crippen LogP contribution in [0, 0.1) is 17.8 Å². The van der Waals surface area contributed by atoms with E-state index in [-0.39, 0.29) is 11.8 Å². The lowest BCUT2D eigenvalue weighted by Crippen LogP contribution is -2.35. The summed E-state index contributed by atoms with van der Waals surface area (Å²) in [4.78, 5) is 24.3. The van der Waals surface area contributed by atoms with Gasteiger partial charge in [-0.15, -0.1) is 0 Å². The van der Waals surface area contributed by atoms with Crippen molar-refractivity contribution in [1.29, 1.82) is 0 Å². The van der Waals surface area contributed by atoms with Gasteiger partial charge in [-0.3, -0.25) is 4.79 Å². The first-order valence-electron chi connectivity index (χ1n) is 9.42. The van der Waals surface area contributed by atoms with E-state index in [0.29, 0.717) is 24.0 Å². The fraction of sp³-hybridized carbons (Fsp3) is 0.600. The molecule has 1 amide bonds. The van der Waals surface area contributed by atoms with E-state index in [9.17, 15) is 14.7 Å². The van der Waals surface area contributed by atoms with Crippen LogP contribution in [0.2, 0.25) is 0 Å². The molecule has 1 heterocycles. The van der Waals surface area contributed by atoms with E-state index in [4.69, 9.17) is 4.74 Å². The maximum atomic E-state index is 12.6. The smallest absolute Gasteiger partial charge is 0.330 e. The summed E-state index contributed by atoms with van der Waals surface area (Å²) >= 11 is 0. The maximum absolute atomic E-state index is 12.6. The number of amides is 1. The Morgan fingerprint density at radius 1 is 1.20 bits per heavy atom. The van der Waals surface area contributed by atoms with E-state index in [1.807, 2.05) is 12.1 Å². The third-order valence-corrected chi connectivity index (χ3v) is 6.01. The molecule has 0 bridgehead atoms. The fourth-order valence-corrected chi connectivity index (χ4v) is 4.52. The van der Waals surface area contributed by atoms with E-state index >= 15 is 0 Å². The first-order valence-corrected chi connectivity index (χ1v) is 9.42. The van der Waals surface area contributed by atoms with Crippen LogP contribution in [0.5, 0.6) is 5.75 Å². The third kappa shape index (κ3) is 3.37. The summed E-state index contributed by atoms with van der Waals surface area (Å²) in [6.45, 7) is 0.633. The Morgan fingerprint density at radius 2 is 2.00 bits per heavy atom. The molecular formula is C20H25NO4. The van der Waals surface area contributed by atoms with Gasteiger partial charge in [-0.2, -0.15) is 0 Å². The van der Waals surface area contributed by atoms with Gasteiger partial charge in [0.2, 0.25) is 5.91 Å². The van der Waals surface area contributed by atoms with Crippen LogP contribution in [0.4, 0.5) is 0 Å². The predicted molar refractivity (Wildman–Crippen MR) is 92.3 cm³/mol. The van der Waals surface area contributed by atoms with Gasteiger partial charge in [-0.05, 0) is 41.5 Å². The van der Waals surface area contributed by atoms with Gasteiger partial charge in [0, 0.05) is 12.3 Å². The molecule has 2 fully saturated rings. The first kappa shape index (κ1) is 16.4. The number of hydrogen-bond donors (Lipinski definition) is 2. The van der Waals surface area contributed by atoms with Crippen LogP contribution in [0.1, 0.15) is 55.7 Å². The van der Waals surface area contributed by atoms with Crippen molar-refractivity contribution in [2.24, 2.45) is 17.8 Å². The molecule has 2 saturated carbocycles. The Kier molecular flexibility index (Phi) is 4.40. The summed E-state index contributed by atoms with van der Waals surface area (Å²) in [6.07, 6.45) is 8.00. The van der Waals surface area contributed by atoms with Gasteiger partial charge in [0.05, 0.1) is 6.61 Å². The minimum atomic E-state index is -1.01. The minimum Gasteiger partial charge on any atom is -0.493 e. The van der Waals surface area contributed by atoms with E-state index in [2.05, 4.69) is 5.32 Å². The summed E-state index contributed by atoms with van der Waals surface area (Å²) < 4.78 is 5.47. The average molecular weight is 343 g/mol. The summed E-state index contributed by atoms with van der Waals surface area (Å²) in [7, 11) is 0. The molecule has 5 heteroatoms. The molecule has 1 aliphatic heterocycles. The molecule has 0 spiro atoms. The Balaban J connectivity index is 1.42. The lowest BCUT2D eigenvalue weighted by Gasteiger charge is -2.22. The largest absolute Gasteiger partial charge is 0.493 e. The normalized spacial score (nSPS) is 26.4. The highest BCUT2D eigenvalue weighted by molar-refractivity contribution is 5.87. The van der Waals surface area contributed by atoms with Crippen molar-refractivity contribution in [3.05, 3.63) is 29.3 Å². The minimum absolute atomic E-state index is 0.00251. The van der Waals surface area contributed by atoms with Gasteiger partial charge < -0.3 is 15.2 Å². The van der Waals surface area contributed by atoms with Gasteiger partial charge in [0.25, 0.3) is 0 Å². The number of fused-ring (bicyclic) bond motifs is 1. The molecule has 4 rings (SSSR count). The second-order valence-electron chi connectivity index (χ2n) is 7.65. The number of carboxylic acid groups (broad SMARTS) is 1. The third-order valence-electron chi connectivity index (χ3n) is 6.01. The number of carboxylic acids is 1. The van der Waals surface area contributed by atoms with Crippen LogP contribution in [0.15, 0.2) is 18.2 Å². The predicted octanol–water partition coefficient (Wildman–Crippen LogP) is 3.08.